The predicted octanol–water partition coefficient (Wildman–Crippen LogP) is 12.0. The summed E-state index contributed by atoms with van der Waals surface area (Å²) in [7, 11) is 0. The van der Waals surface area contributed by atoms with E-state index < -0.39 is 0 Å². The predicted molar refractivity (Wildman–Crippen MR) is 197 cm³/mol. The maximum absolute atomic E-state index is 4.88. The van der Waals surface area contributed by atoms with Crippen LogP contribution in [-0.4, -0.2) is 15.0 Å². The van der Waals surface area contributed by atoms with Crippen molar-refractivity contribution in [2.75, 3.05) is 4.90 Å². The van der Waals surface area contributed by atoms with E-state index in [1.807, 2.05) is 18.2 Å². The van der Waals surface area contributed by atoms with Crippen LogP contribution in [0.3, 0.4) is 0 Å². The summed E-state index contributed by atoms with van der Waals surface area (Å²) in [6, 6.07) is 51.0. The molecule has 0 amide bonds. The quantitative estimate of drug-likeness (QED) is 0.181. The third-order valence-electron chi connectivity index (χ3n) is 8.00. The molecule has 0 aliphatic rings. The van der Waals surface area contributed by atoms with Crippen molar-refractivity contribution < 1.29 is 0 Å². The van der Waals surface area contributed by atoms with Crippen molar-refractivity contribution in [3.8, 4) is 31.7 Å². The summed E-state index contributed by atoms with van der Waals surface area (Å²) in [6.07, 6.45) is 0. The number of anilines is 3. The van der Waals surface area contributed by atoms with E-state index in [1.54, 1.807) is 34.0 Å². The summed E-state index contributed by atoms with van der Waals surface area (Å²) in [4.78, 5) is 16.9. The standard InChI is InChI=1S/C39H24N4S3/c1-4-10-34-31(7-1)40-37(44-34)25-13-19-28(20-14-25)43(29-21-15-26(16-22-29)38-41-32-8-2-5-11-35(32)45-38)30-23-17-27(18-24-30)39-42-33-9-3-6-12-36(33)46-39/h1-24H. The summed E-state index contributed by atoms with van der Waals surface area (Å²) in [5.74, 6) is 0. The van der Waals surface area contributed by atoms with Gasteiger partial charge in [0.25, 0.3) is 0 Å². The number of thiazole rings is 3. The van der Waals surface area contributed by atoms with Crippen molar-refractivity contribution in [3.05, 3.63) is 146 Å². The lowest BCUT2D eigenvalue weighted by molar-refractivity contribution is 1.28. The van der Waals surface area contributed by atoms with Crippen LogP contribution in [0.25, 0.3) is 62.4 Å². The minimum atomic E-state index is 1.03. The molecular formula is C39H24N4S3. The van der Waals surface area contributed by atoms with Crippen LogP contribution in [0.4, 0.5) is 17.1 Å². The summed E-state index contributed by atoms with van der Waals surface area (Å²) >= 11 is 5.17. The van der Waals surface area contributed by atoms with Crippen molar-refractivity contribution in [2.24, 2.45) is 0 Å². The largest absolute Gasteiger partial charge is 0.311 e. The fourth-order valence-corrected chi connectivity index (χ4v) is 8.61. The Bertz CT molecular complexity index is 2090. The van der Waals surface area contributed by atoms with E-state index in [9.17, 15) is 0 Å². The zero-order valence-corrected chi connectivity index (χ0v) is 26.8. The monoisotopic (exact) mass is 644 g/mol. The average Bonchev–Trinajstić information content (AvgIpc) is 3.86. The zero-order chi connectivity index (χ0) is 30.5. The molecular weight excluding hydrogens is 621 g/mol. The lowest BCUT2D eigenvalue weighted by Crippen LogP contribution is -2.09. The molecule has 0 saturated heterocycles. The van der Waals surface area contributed by atoms with E-state index in [1.165, 1.54) is 14.1 Å². The van der Waals surface area contributed by atoms with E-state index >= 15 is 0 Å². The van der Waals surface area contributed by atoms with E-state index in [2.05, 4.69) is 132 Å². The van der Waals surface area contributed by atoms with E-state index in [0.717, 1.165) is 65.3 Å². The highest BCUT2D eigenvalue weighted by molar-refractivity contribution is 7.22. The Morgan fingerprint density at radius 1 is 0.326 bits per heavy atom. The molecule has 0 saturated carbocycles. The third kappa shape index (κ3) is 4.95. The van der Waals surface area contributed by atoms with Gasteiger partial charge in [0, 0.05) is 33.8 Å². The Morgan fingerprint density at radius 2 is 0.609 bits per heavy atom. The van der Waals surface area contributed by atoms with Gasteiger partial charge in [0.1, 0.15) is 15.0 Å². The fourth-order valence-electron chi connectivity index (χ4n) is 5.69. The first-order valence-electron chi connectivity index (χ1n) is 14.9. The Labute approximate surface area is 277 Å². The summed E-state index contributed by atoms with van der Waals surface area (Å²) < 4.78 is 3.60. The Morgan fingerprint density at radius 3 is 0.891 bits per heavy atom. The van der Waals surface area contributed by atoms with Crippen LogP contribution in [0.2, 0.25) is 0 Å². The smallest absolute Gasteiger partial charge is 0.124 e. The number of hydrogen-bond acceptors (Lipinski definition) is 7. The second-order valence-electron chi connectivity index (χ2n) is 10.9. The molecule has 7 heteroatoms. The second-order valence-corrected chi connectivity index (χ2v) is 14.0. The minimum absolute atomic E-state index is 1.03. The van der Waals surface area contributed by atoms with Crippen LogP contribution in [-0.2, 0) is 0 Å². The van der Waals surface area contributed by atoms with E-state index in [4.69, 9.17) is 15.0 Å². The number of nitrogens with zero attached hydrogens (tertiary/aromatic N) is 4. The number of para-hydroxylation sites is 3. The summed E-state index contributed by atoms with van der Waals surface area (Å²) in [5, 5.41) is 3.08. The highest BCUT2D eigenvalue weighted by atomic mass is 32.1. The first-order chi connectivity index (χ1) is 22.7. The van der Waals surface area contributed by atoms with Gasteiger partial charge in [-0.05, 0) is 109 Å². The number of aromatic nitrogens is 3. The van der Waals surface area contributed by atoms with Gasteiger partial charge in [-0.1, -0.05) is 36.4 Å². The van der Waals surface area contributed by atoms with Gasteiger partial charge in [0.2, 0.25) is 0 Å². The van der Waals surface area contributed by atoms with Crippen LogP contribution < -0.4 is 4.90 Å². The van der Waals surface area contributed by atoms with Gasteiger partial charge in [0.15, 0.2) is 0 Å². The molecule has 3 heterocycles. The van der Waals surface area contributed by atoms with Crippen molar-refractivity contribution in [3.63, 3.8) is 0 Å². The van der Waals surface area contributed by atoms with Crippen LogP contribution in [0.15, 0.2) is 146 Å². The Balaban J connectivity index is 1.09. The average molecular weight is 645 g/mol. The molecule has 0 bridgehead atoms. The first kappa shape index (κ1) is 27.1. The molecule has 3 aromatic heterocycles. The lowest BCUT2D eigenvalue weighted by Gasteiger charge is -2.26. The molecule has 0 atom stereocenters. The van der Waals surface area contributed by atoms with Gasteiger partial charge in [-0.25, -0.2) is 15.0 Å². The van der Waals surface area contributed by atoms with Gasteiger partial charge < -0.3 is 4.90 Å². The van der Waals surface area contributed by atoms with Gasteiger partial charge in [-0.2, -0.15) is 0 Å². The van der Waals surface area contributed by atoms with Crippen LogP contribution in [0, 0.1) is 0 Å². The van der Waals surface area contributed by atoms with Crippen LogP contribution >= 0.6 is 34.0 Å². The molecule has 6 aromatic carbocycles. The molecule has 9 rings (SSSR count). The van der Waals surface area contributed by atoms with Gasteiger partial charge in [0.05, 0.1) is 30.6 Å². The van der Waals surface area contributed by atoms with Crippen molar-refractivity contribution >= 4 is 81.7 Å². The maximum Gasteiger partial charge on any atom is 0.124 e. The molecule has 9 aromatic rings. The van der Waals surface area contributed by atoms with Crippen molar-refractivity contribution in [1.82, 2.24) is 15.0 Å². The normalized spacial score (nSPS) is 11.5. The molecule has 0 aliphatic heterocycles. The zero-order valence-electron chi connectivity index (χ0n) is 24.4. The first-order valence-corrected chi connectivity index (χ1v) is 17.4. The van der Waals surface area contributed by atoms with Crippen LogP contribution in [0.1, 0.15) is 0 Å². The van der Waals surface area contributed by atoms with Crippen molar-refractivity contribution in [1.29, 1.82) is 0 Å². The molecule has 0 aliphatic carbocycles. The van der Waals surface area contributed by atoms with Gasteiger partial charge in [-0.15, -0.1) is 34.0 Å². The molecule has 0 radical (unpaired) electrons. The fraction of sp³-hybridized carbons (Fsp3) is 0. The third-order valence-corrected chi connectivity index (χ3v) is 11.3. The summed E-state index contributed by atoms with van der Waals surface area (Å²) in [5.41, 5.74) is 9.67. The van der Waals surface area contributed by atoms with Gasteiger partial charge in [-0.3, -0.25) is 0 Å². The number of rotatable bonds is 6. The number of fused-ring (bicyclic) bond motifs is 3. The molecule has 0 N–H and O–H groups in total. The minimum Gasteiger partial charge on any atom is -0.311 e. The molecule has 0 fully saturated rings. The van der Waals surface area contributed by atoms with Crippen LogP contribution in [0.5, 0.6) is 0 Å². The molecule has 0 unspecified atom stereocenters. The SMILES string of the molecule is c1ccc2sc(-c3ccc(N(c4ccc(-c5nc6ccccc6s5)cc4)c4ccc(-c5nc6ccccc6s5)cc4)cc3)nc2c1. The topological polar surface area (TPSA) is 41.9 Å². The second kappa shape index (κ2) is 11.3. The Kier molecular flexibility index (Phi) is 6.66. The summed E-state index contributed by atoms with van der Waals surface area (Å²) in [6.45, 7) is 0. The molecule has 218 valence electrons. The lowest BCUT2D eigenvalue weighted by atomic mass is 10.1. The number of benzene rings is 6. The maximum atomic E-state index is 4.88. The van der Waals surface area contributed by atoms with E-state index in [0.29, 0.717) is 0 Å². The van der Waals surface area contributed by atoms with E-state index in [-0.39, 0.29) is 0 Å². The molecule has 4 nitrogen and oxygen atoms in total. The highest BCUT2D eigenvalue weighted by Gasteiger charge is 2.16. The molecule has 46 heavy (non-hydrogen) atoms. The Hall–Kier alpha value is -5.21. The number of hydrogen-bond donors (Lipinski definition) is 0. The molecule has 0 spiro atoms. The highest BCUT2D eigenvalue weighted by Crippen LogP contribution is 2.40. The van der Waals surface area contributed by atoms with Gasteiger partial charge >= 0.3 is 0 Å². The van der Waals surface area contributed by atoms with Crippen molar-refractivity contribution in [2.45, 2.75) is 0 Å².